The van der Waals surface area contributed by atoms with E-state index in [4.69, 9.17) is 14.3 Å². The number of nitrogens with two attached hydrogens (primary N) is 1. The number of hydrogen-bond acceptors (Lipinski definition) is 5. The Labute approximate surface area is 190 Å². The first-order valence-electron chi connectivity index (χ1n) is 10.4. The Bertz CT molecular complexity index is 1010. The largest absolute Gasteiger partial charge is 0.487 e. The Morgan fingerprint density at radius 1 is 1.12 bits per heavy atom. The Balaban J connectivity index is 0.000000913. The summed E-state index contributed by atoms with van der Waals surface area (Å²) in [5, 5.41) is 4.76. The molecular weight excluding hydrogens is 437 g/mol. The fourth-order valence-corrected chi connectivity index (χ4v) is 3.84. The molecule has 0 saturated heterocycles. The van der Waals surface area contributed by atoms with Crippen molar-refractivity contribution in [1.82, 2.24) is 4.98 Å². The van der Waals surface area contributed by atoms with Crippen LogP contribution in [0.2, 0.25) is 0 Å². The van der Waals surface area contributed by atoms with Gasteiger partial charge in [-0.25, -0.2) is 4.98 Å². The molecule has 1 aliphatic rings. The van der Waals surface area contributed by atoms with Crippen LogP contribution in [-0.4, -0.2) is 11.2 Å². The minimum Gasteiger partial charge on any atom is -0.487 e. The third-order valence-electron chi connectivity index (χ3n) is 5.31. The van der Waals surface area contributed by atoms with Crippen LogP contribution < -0.4 is 9.88 Å². The van der Waals surface area contributed by atoms with Gasteiger partial charge in [0, 0.05) is 11.5 Å². The number of ether oxygens (including phenoxy) is 1. The topological polar surface area (TPSA) is 61.3 Å². The van der Waals surface area contributed by atoms with Gasteiger partial charge in [-0.2, -0.15) is 13.2 Å². The van der Waals surface area contributed by atoms with Crippen molar-refractivity contribution in [3.8, 4) is 16.9 Å². The molecule has 2 N–H and O–H groups in total. The van der Waals surface area contributed by atoms with Gasteiger partial charge in [0.05, 0.1) is 5.56 Å². The van der Waals surface area contributed by atoms with Crippen LogP contribution in [0.1, 0.15) is 54.3 Å². The molecule has 1 aliphatic carbocycles. The smallest absolute Gasteiger partial charge is 0.417 e. The molecule has 3 aromatic rings. The van der Waals surface area contributed by atoms with E-state index < -0.39 is 11.7 Å². The maximum Gasteiger partial charge on any atom is 0.417 e. The van der Waals surface area contributed by atoms with E-state index in [2.05, 4.69) is 4.98 Å². The van der Waals surface area contributed by atoms with E-state index in [9.17, 15) is 13.2 Å². The van der Waals surface area contributed by atoms with Crippen LogP contribution in [0.4, 0.5) is 13.2 Å². The molecule has 1 aromatic heterocycles. The highest BCUT2D eigenvalue weighted by molar-refractivity contribution is 7.96. The average Bonchev–Trinajstić information content (AvgIpc) is 3.44. The molecule has 0 amide bonds. The number of para-hydroxylation sites is 1. The highest BCUT2D eigenvalue weighted by Gasteiger charge is 2.34. The zero-order valence-electron chi connectivity index (χ0n) is 18.1. The van der Waals surface area contributed by atoms with Crippen LogP contribution in [0, 0.1) is 6.92 Å². The van der Waals surface area contributed by atoms with E-state index in [0.29, 0.717) is 22.9 Å². The summed E-state index contributed by atoms with van der Waals surface area (Å²) in [5.41, 5.74) is 1.23. The number of aromatic nitrogens is 1. The Kier molecular flexibility index (Phi) is 8.26. The number of rotatable bonds is 5. The molecule has 4 nitrogen and oxygen atoms in total. The van der Waals surface area contributed by atoms with Gasteiger partial charge in [-0.3, -0.25) is 5.14 Å². The van der Waals surface area contributed by atoms with Crippen LogP contribution in [0.5, 0.6) is 5.75 Å². The quantitative estimate of drug-likeness (QED) is 0.407. The standard InChI is InChI=1S/C23H22F3NO2.CH5NS/c1-15-10-11-20(23(24,25)26)19(12-15)18-8-4-5-9-21(18)28-13-17-14-29-22(27-17)16-6-2-3-7-16;1-3-2/h4-5,8-12,14,16H,2-3,6-7,13H2,1H3;2H2,1H3. The molecule has 0 bridgehead atoms. The van der Waals surface area contributed by atoms with Crippen molar-refractivity contribution >= 4 is 11.9 Å². The van der Waals surface area contributed by atoms with E-state index in [-0.39, 0.29) is 12.2 Å². The predicted molar refractivity (Wildman–Crippen MR) is 121 cm³/mol. The third kappa shape index (κ3) is 6.07. The van der Waals surface area contributed by atoms with Gasteiger partial charge < -0.3 is 9.15 Å². The van der Waals surface area contributed by atoms with Crippen molar-refractivity contribution in [2.24, 2.45) is 5.14 Å². The zero-order chi connectivity index (χ0) is 23.1. The molecular formula is C24H27F3N2O2S. The predicted octanol–water partition coefficient (Wildman–Crippen LogP) is 7.13. The lowest BCUT2D eigenvalue weighted by Crippen LogP contribution is -2.08. The van der Waals surface area contributed by atoms with E-state index in [1.165, 1.54) is 30.9 Å². The van der Waals surface area contributed by atoms with Crippen LogP contribution in [0.3, 0.4) is 0 Å². The summed E-state index contributed by atoms with van der Waals surface area (Å²) in [7, 11) is 0. The lowest BCUT2D eigenvalue weighted by atomic mass is 9.96. The summed E-state index contributed by atoms with van der Waals surface area (Å²) in [6.45, 7) is 1.91. The second-order valence-corrected chi connectivity index (χ2v) is 8.20. The Morgan fingerprint density at radius 3 is 2.50 bits per heavy atom. The molecule has 1 saturated carbocycles. The van der Waals surface area contributed by atoms with E-state index in [1.54, 1.807) is 43.5 Å². The van der Waals surface area contributed by atoms with Crippen molar-refractivity contribution in [2.45, 2.75) is 51.3 Å². The van der Waals surface area contributed by atoms with Crippen molar-refractivity contribution in [3.05, 3.63) is 71.4 Å². The monoisotopic (exact) mass is 464 g/mol. The Hall–Kier alpha value is -2.45. The molecule has 4 rings (SSSR count). The van der Waals surface area contributed by atoms with Gasteiger partial charge in [0.1, 0.15) is 24.3 Å². The minimum absolute atomic E-state index is 0.111. The second kappa shape index (κ2) is 10.9. The first kappa shape index (κ1) is 24.2. The van der Waals surface area contributed by atoms with Crippen LogP contribution in [0.15, 0.2) is 53.1 Å². The second-order valence-electron chi connectivity index (χ2n) is 7.73. The van der Waals surface area contributed by atoms with Crippen LogP contribution >= 0.6 is 11.9 Å². The molecule has 0 atom stereocenters. The van der Waals surface area contributed by atoms with Gasteiger partial charge >= 0.3 is 6.18 Å². The van der Waals surface area contributed by atoms with Gasteiger partial charge in [0.25, 0.3) is 0 Å². The summed E-state index contributed by atoms with van der Waals surface area (Å²) >= 11 is 1.25. The molecule has 0 spiro atoms. The summed E-state index contributed by atoms with van der Waals surface area (Å²) in [4.78, 5) is 4.51. The average molecular weight is 465 g/mol. The SMILES string of the molecule is CSN.Cc1ccc(C(F)(F)F)c(-c2ccccc2OCc2coc(C3CCCC3)n2)c1. The van der Waals surface area contributed by atoms with Crippen molar-refractivity contribution in [2.75, 3.05) is 6.26 Å². The van der Waals surface area contributed by atoms with Crippen molar-refractivity contribution < 1.29 is 22.3 Å². The van der Waals surface area contributed by atoms with Gasteiger partial charge in [-0.15, -0.1) is 0 Å². The number of aryl methyl sites for hydroxylation is 1. The Morgan fingerprint density at radius 2 is 1.81 bits per heavy atom. The zero-order valence-corrected chi connectivity index (χ0v) is 18.9. The first-order valence-corrected chi connectivity index (χ1v) is 11.7. The maximum absolute atomic E-state index is 13.5. The number of hydrogen-bond donors (Lipinski definition) is 1. The molecule has 1 heterocycles. The molecule has 172 valence electrons. The van der Waals surface area contributed by atoms with Crippen molar-refractivity contribution in [3.63, 3.8) is 0 Å². The lowest BCUT2D eigenvalue weighted by molar-refractivity contribution is -0.137. The normalized spacial score (nSPS) is 14.2. The third-order valence-corrected chi connectivity index (χ3v) is 5.31. The highest BCUT2D eigenvalue weighted by atomic mass is 32.2. The van der Waals surface area contributed by atoms with Gasteiger partial charge in [0.2, 0.25) is 0 Å². The maximum atomic E-state index is 13.5. The van der Waals surface area contributed by atoms with E-state index in [1.807, 2.05) is 6.26 Å². The summed E-state index contributed by atoms with van der Waals surface area (Å²) in [5.74, 6) is 1.47. The molecule has 0 aliphatic heterocycles. The molecule has 0 radical (unpaired) electrons. The van der Waals surface area contributed by atoms with Gasteiger partial charge in [-0.1, -0.05) is 60.7 Å². The van der Waals surface area contributed by atoms with Crippen LogP contribution in [0.25, 0.3) is 11.1 Å². The van der Waals surface area contributed by atoms with Crippen LogP contribution in [-0.2, 0) is 12.8 Å². The summed E-state index contributed by atoms with van der Waals surface area (Å²) < 4.78 is 52.1. The number of alkyl halides is 3. The minimum atomic E-state index is -4.45. The lowest BCUT2D eigenvalue weighted by Gasteiger charge is -2.16. The van der Waals surface area contributed by atoms with E-state index >= 15 is 0 Å². The number of halogens is 3. The number of nitrogens with zero attached hydrogens (tertiary/aromatic N) is 1. The first-order chi connectivity index (χ1) is 15.3. The molecule has 0 unspecified atom stereocenters. The molecule has 8 heteroatoms. The molecule has 32 heavy (non-hydrogen) atoms. The number of oxazole rings is 1. The summed E-state index contributed by atoms with van der Waals surface area (Å²) in [6.07, 6.45) is 3.48. The summed E-state index contributed by atoms with van der Waals surface area (Å²) in [6, 6.07) is 10.9. The highest BCUT2D eigenvalue weighted by Crippen LogP contribution is 2.41. The van der Waals surface area contributed by atoms with E-state index in [0.717, 1.165) is 30.4 Å². The number of benzene rings is 2. The van der Waals surface area contributed by atoms with Crippen molar-refractivity contribution in [1.29, 1.82) is 0 Å². The molecule has 1 fully saturated rings. The fourth-order valence-electron chi connectivity index (χ4n) is 3.84. The van der Waals surface area contributed by atoms with Gasteiger partial charge in [0.15, 0.2) is 5.89 Å². The molecule has 2 aromatic carbocycles. The fraction of sp³-hybridized carbons (Fsp3) is 0.375. The van der Waals surface area contributed by atoms with Gasteiger partial charge in [-0.05, 0) is 43.7 Å².